The molecule has 0 aliphatic carbocycles. The Bertz CT molecular complexity index is 1610. The topological polar surface area (TPSA) is 102 Å². The van der Waals surface area contributed by atoms with Gasteiger partial charge in [0, 0.05) is 36.6 Å². The highest BCUT2D eigenvalue weighted by molar-refractivity contribution is 5.80. The Morgan fingerprint density at radius 2 is 1.82 bits per heavy atom. The molecule has 9 heteroatoms. The van der Waals surface area contributed by atoms with Gasteiger partial charge in [-0.3, -0.25) is 14.7 Å². The molecule has 3 aromatic heterocycles. The van der Waals surface area contributed by atoms with E-state index in [1.54, 1.807) is 13.3 Å². The largest absolute Gasteiger partial charge is 0.497 e. The zero-order valence-electron chi connectivity index (χ0n) is 22.8. The van der Waals surface area contributed by atoms with Crippen LogP contribution >= 0.6 is 0 Å². The summed E-state index contributed by atoms with van der Waals surface area (Å²) in [6, 6.07) is 17.9. The van der Waals surface area contributed by atoms with Crippen molar-refractivity contribution in [1.29, 1.82) is 0 Å². The maximum Gasteiger partial charge on any atom is 0.252 e. The Balaban J connectivity index is 1.50. The summed E-state index contributed by atoms with van der Waals surface area (Å²) in [4.78, 5) is 22.9. The summed E-state index contributed by atoms with van der Waals surface area (Å²) in [5.74, 6) is 1.55. The highest BCUT2D eigenvalue weighted by Gasteiger charge is 2.26. The number of benzene rings is 2. The Morgan fingerprint density at radius 1 is 1.03 bits per heavy atom. The maximum absolute atomic E-state index is 13.2. The molecular weight excluding hydrogens is 490 g/mol. The van der Waals surface area contributed by atoms with Gasteiger partial charge < -0.3 is 9.72 Å². The first-order valence-electron chi connectivity index (χ1n) is 13.1. The predicted molar refractivity (Wildman–Crippen MR) is 150 cm³/mol. The highest BCUT2D eigenvalue weighted by Crippen LogP contribution is 2.27. The monoisotopic (exact) mass is 523 g/mol. The van der Waals surface area contributed by atoms with Crippen molar-refractivity contribution < 1.29 is 4.74 Å². The van der Waals surface area contributed by atoms with Crippen LogP contribution in [0.25, 0.3) is 10.9 Å². The number of nitrogens with zero attached hydrogens (tertiary/aromatic N) is 6. The SMILES string of the molecule is CC[C@H](c1nnnn1Cc1ccc(OC)cc1)N(Cc1cccnc1)Cc1cc2cc(C)c(C)cc2[nH]c1=O. The van der Waals surface area contributed by atoms with Crippen LogP contribution < -0.4 is 10.3 Å². The lowest BCUT2D eigenvalue weighted by Crippen LogP contribution is -2.32. The van der Waals surface area contributed by atoms with E-state index in [9.17, 15) is 4.79 Å². The third kappa shape index (κ3) is 5.88. The minimum Gasteiger partial charge on any atom is -0.497 e. The first kappa shape index (κ1) is 26.2. The summed E-state index contributed by atoms with van der Waals surface area (Å²) in [6.07, 6.45) is 4.38. The molecule has 0 amide bonds. The number of methoxy groups -OCH3 is 1. The van der Waals surface area contributed by atoms with E-state index >= 15 is 0 Å². The minimum atomic E-state index is -0.131. The number of nitrogens with one attached hydrogen (secondary N) is 1. The fraction of sp³-hybridized carbons (Fsp3) is 0.300. The molecule has 0 aliphatic rings. The summed E-state index contributed by atoms with van der Waals surface area (Å²) in [6.45, 7) is 7.80. The number of hydrogen-bond acceptors (Lipinski definition) is 7. The Morgan fingerprint density at radius 3 is 2.54 bits per heavy atom. The van der Waals surface area contributed by atoms with Crippen LogP contribution in [0.2, 0.25) is 0 Å². The van der Waals surface area contributed by atoms with E-state index < -0.39 is 0 Å². The molecule has 5 aromatic rings. The Labute approximate surface area is 227 Å². The van der Waals surface area contributed by atoms with Crippen molar-refractivity contribution in [3.8, 4) is 5.75 Å². The molecule has 5 rings (SSSR count). The van der Waals surface area contributed by atoms with Crippen LogP contribution in [0.15, 0.2) is 71.8 Å². The summed E-state index contributed by atoms with van der Waals surface area (Å²) in [7, 11) is 1.65. The first-order valence-corrected chi connectivity index (χ1v) is 13.1. The molecule has 1 N–H and O–H groups in total. The number of pyridine rings is 2. The Hall–Kier alpha value is -4.37. The standard InChI is InChI=1S/C30H33N7O2/c1-5-28(29-33-34-35-37(29)18-22-8-10-26(39-4)11-9-22)36(17-23-7-6-12-31-16-23)19-25-15-24-13-20(2)21(3)14-27(24)32-30(25)38/h6-16,28H,5,17-19H2,1-4H3,(H,32,38)/t28-/m1/s1. The number of ether oxygens (including phenoxy) is 1. The summed E-state index contributed by atoms with van der Waals surface area (Å²) < 4.78 is 7.13. The fourth-order valence-corrected chi connectivity index (χ4v) is 4.93. The number of rotatable bonds is 10. The molecule has 0 aliphatic heterocycles. The van der Waals surface area contributed by atoms with Crippen LogP contribution in [0, 0.1) is 13.8 Å². The number of hydrogen-bond donors (Lipinski definition) is 1. The van der Waals surface area contributed by atoms with Crippen LogP contribution in [0.1, 0.15) is 53.0 Å². The lowest BCUT2D eigenvalue weighted by molar-refractivity contribution is 0.161. The molecule has 200 valence electrons. The molecule has 0 saturated heterocycles. The molecule has 0 saturated carbocycles. The van der Waals surface area contributed by atoms with Crippen molar-refractivity contribution in [2.45, 2.75) is 52.9 Å². The van der Waals surface area contributed by atoms with Gasteiger partial charge >= 0.3 is 0 Å². The van der Waals surface area contributed by atoms with Gasteiger partial charge in [0.2, 0.25) is 0 Å². The van der Waals surface area contributed by atoms with Crippen LogP contribution in [0.4, 0.5) is 0 Å². The van der Waals surface area contributed by atoms with Crippen molar-refractivity contribution in [2.75, 3.05) is 7.11 Å². The van der Waals surface area contributed by atoms with Crippen molar-refractivity contribution in [3.63, 3.8) is 0 Å². The molecule has 0 spiro atoms. The van der Waals surface area contributed by atoms with E-state index in [-0.39, 0.29) is 11.6 Å². The molecule has 1 atom stereocenters. The zero-order chi connectivity index (χ0) is 27.4. The molecular formula is C30H33N7O2. The number of aryl methyl sites for hydroxylation is 2. The summed E-state index contributed by atoms with van der Waals surface area (Å²) in [5, 5.41) is 13.8. The van der Waals surface area contributed by atoms with Crippen molar-refractivity contribution >= 4 is 10.9 Å². The highest BCUT2D eigenvalue weighted by atomic mass is 16.5. The van der Waals surface area contributed by atoms with Gasteiger partial charge in [0.1, 0.15) is 5.75 Å². The number of H-pyrrole nitrogens is 1. The van der Waals surface area contributed by atoms with Crippen molar-refractivity contribution in [2.24, 2.45) is 0 Å². The van der Waals surface area contributed by atoms with E-state index in [1.165, 1.54) is 5.56 Å². The van der Waals surface area contributed by atoms with Crippen molar-refractivity contribution in [3.05, 3.63) is 111 Å². The molecule has 0 unspecified atom stereocenters. The van der Waals surface area contributed by atoms with Gasteiger partial charge in [0.25, 0.3) is 5.56 Å². The minimum absolute atomic E-state index is 0.0883. The first-order chi connectivity index (χ1) is 18.9. The molecule has 0 radical (unpaired) electrons. The van der Waals surface area contributed by atoms with Crippen LogP contribution in [0.3, 0.4) is 0 Å². The van der Waals surface area contributed by atoms with E-state index in [0.717, 1.165) is 45.6 Å². The number of fused-ring (bicyclic) bond motifs is 1. The molecule has 0 bridgehead atoms. The smallest absolute Gasteiger partial charge is 0.252 e. The van der Waals surface area contributed by atoms with Gasteiger partial charge in [-0.25, -0.2) is 4.68 Å². The van der Waals surface area contributed by atoms with Crippen LogP contribution in [0.5, 0.6) is 5.75 Å². The zero-order valence-corrected chi connectivity index (χ0v) is 22.8. The van der Waals surface area contributed by atoms with Gasteiger partial charge in [-0.15, -0.1) is 5.10 Å². The lowest BCUT2D eigenvalue weighted by atomic mass is 10.0. The quantitative estimate of drug-likeness (QED) is 0.282. The normalized spacial score (nSPS) is 12.2. The number of aromatic nitrogens is 6. The Kier molecular flexibility index (Phi) is 7.79. The third-order valence-electron chi connectivity index (χ3n) is 7.19. The van der Waals surface area contributed by atoms with Gasteiger partial charge in [-0.05, 0) is 94.7 Å². The second-order valence-corrected chi connectivity index (χ2v) is 9.88. The second kappa shape index (κ2) is 11.6. The summed E-state index contributed by atoms with van der Waals surface area (Å²) in [5.41, 5.74) is 5.91. The molecule has 2 aromatic carbocycles. The predicted octanol–water partition coefficient (Wildman–Crippen LogP) is 4.74. The van der Waals surface area contributed by atoms with Gasteiger partial charge in [-0.1, -0.05) is 25.1 Å². The molecule has 3 heterocycles. The van der Waals surface area contributed by atoms with Gasteiger partial charge in [-0.2, -0.15) is 0 Å². The average molecular weight is 524 g/mol. The van der Waals surface area contributed by atoms with Gasteiger partial charge in [0.15, 0.2) is 5.82 Å². The number of aromatic amines is 1. The fourth-order valence-electron chi connectivity index (χ4n) is 4.93. The number of tetrazole rings is 1. The lowest BCUT2D eigenvalue weighted by Gasteiger charge is -2.30. The van der Waals surface area contributed by atoms with Crippen LogP contribution in [-0.4, -0.2) is 42.2 Å². The maximum atomic E-state index is 13.2. The van der Waals surface area contributed by atoms with Crippen LogP contribution in [-0.2, 0) is 19.6 Å². The summed E-state index contributed by atoms with van der Waals surface area (Å²) >= 11 is 0. The average Bonchev–Trinajstić information content (AvgIpc) is 3.39. The third-order valence-corrected chi connectivity index (χ3v) is 7.19. The van der Waals surface area contributed by atoms with E-state index in [4.69, 9.17) is 4.74 Å². The molecule has 39 heavy (non-hydrogen) atoms. The molecule has 9 nitrogen and oxygen atoms in total. The van der Waals surface area contributed by atoms with Crippen molar-refractivity contribution in [1.82, 2.24) is 35.1 Å². The molecule has 0 fully saturated rings. The van der Waals surface area contributed by atoms with E-state index in [1.807, 2.05) is 59.4 Å². The second-order valence-electron chi connectivity index (χ2n) is 9.88. The van der Waals surface area contributed by atoms with E-state index in [0.29, 0.717) is 25.2 Å². The van der Waals surface area contributed by atoms with E-state index in [2.05, 4.69) is 57.2 Å². The van der Waals surface area contributed by atoms with Gasteiger partial charge in [0.05, 0.1) is 19.7 Å².